The Morgan fingerprint density at radius 2 is 1.62 bits per heavy atom. The first-order chi connectivity index (χ1) is 16.4. The molecule has 7 nitrogen and oxygen atoms in total. The van der Waals surface area contributed by atoms with Gasteiger partial charge in [0, 0.05) is 0 Å². The Balaban J connectivity index is 1.54. The number of para-hydroxylation sites is 1. The molecule has 3 aromatic carbocycles. The van der Waals surface area contributed by atoms with Crippen molar-refractivity contribution in [3.05, 3.63) is 95.3 Å². The van der Waals surface area contributed by atoms with Crippen LogP contribution in [0.15, 0.2) is 72.8 Å². The van der Waals surface area contributed by atoms with Crippen LogP contribution in [-0.4, -0.2) is 31.0 Å². The van der Waals surface area contributed by atoms with Crippen molar-refractivity contribution >= 4 is 29.2 Å². The van der Waals surface area contributed by atoms with Crippen LogP contribution in [0.3, 0.4) is 0 Å². The number of halogens is 1. The number of aryl methyl sites for hydroxylation is 1. The quantitative estimate of drug-likeness (QED) is 0.433. The number of fused-ring (bicyclic) bond motifs is 1. The molecule has 172 valence electrons. The Hall–Kier alpha value is -4.04. The summed E-state index contributed by atoms with van der Waals surface area (Å²) in [6.45, 7) is 1.91. The molecule has 3 aromatic rings. The smallest absolute Gasteiger partial charge is 0.337 e. The molecule has 3 atom stereocenters. The highest BCUT2D eigenvalue weighted by atomic mass is 19.1. The van der Waals surface area contributed by atoms with E-state index in [1.54, 1.807) is 17.2 Å². The summed E-state index contributed by atoms with van der Waals surface area (Å²) in [6.07, 6.45) is -1.04. The number of hydrogen-bond donors (Lipinski definition) is 0. The van der Waals surface area contributed by atoms with Crippen molar-refractivity contribution in [1.82, 2.24) is 0 Å². The highest BCUT2D eigenvalue weighted by Crippen LogP contribution is 2.48. The fourth-order valence-corrected chi connectivity index (χ4v) is 4.55. The number of ether oxygens (including phenoxy) is 1. The van der Waals surface area contributed by atoms with E-state index in [-0.39, 0.29) is 0 Å². The number of amides is 2. The molecule has 0 saturated carbocycles. The maximum absolute atomic E-state index is 13.7. The lowest BCUT2D eigenvalue weighted by molar-refractivity contribution is -0.126. The van der Waals surface area contributed by atoms with Crippen LogP contribution in [0, 0.1) is 18.7 Å². The minimum atomic E-state index is -1.04. The number of esters is 1. The topological polar surface area (TPSA) is 76.2 Å². The molecule has 34 heavy (non-hydrogen) atoms. The third-order valence-electron chi connectivity index (χ3n) is 6.23. The monoisotopic (exact) mass is 460 g/mol. The van der Waals surface area contributed by atoms with E-state index >= 15 is 0 Å². The number of benzene rings is 3. The van der Waals surface area contributed by atoms with Gasteiger partial charge in [0.15, 0.2) is 6.10 Å². The minimum Gasteiger partial charge on any atom is -0.465 e. The van der Waals surface area contributed by atoms with Gasteiger partial charge in [-0.1, -0.05) is 30.3 Å². The van der Waals surface area contributed by atoms with Crippen LogP contribution in [0.1, 0.15) is 27.5 Å². The molecule has 2 saturated heterocycles. The van der Waals surface area contributed by atoms with Gasteiger partial charge < -0.3 is 4.74 Å². The van der Waals surface area contributed by atoms with E-state index in [0.29, 0.717) is 16.8 Å². The molecule has 2 aliphatic rings. The molecular weight excluding hydrogens is 439 g/mol. The maximum atomic E-state index is 13.7. The fourth-order valence-electron chi connectivity index (χ4n) is 4.55. The van der Waals surface area contributed by atoms with Gasteiger partial charge in [-0.05, 0) is 60.5 Å². The van der Waals surface area contributed by atoms with E-state index in [2.05, 4.69) is 0 Å². The van der Waals surface area contributed by atoms with Crippen molar-refractivity contribution in [2.24, 2.45) is 5.92 Å². The second kappa shape index (κ2) is 8.39. The second-order valence-electron chi connectivity index (χ2n) is 8.21. The van der Waals surface area contributed by atoms with Gasteiger partial charge in [0.2, 0.25) is 5.91 Å². The summed E-state index contributed by atoms with van der Waals surface area (Å²) in [5.74, 6) is -2.67. The lowest BCUT2D eigenvalue weighted by Crippen LogP contribution is -2.37. The molecule has 0 aromatic heterocycles. The van der Waals surface area contributed by atoms with Crippen LogP contribution in [0.4, 0.5) is 15.8 Å². The standard InChI is InChI=1S/C26H21FN2O5/c1-15-5-3-4-6-20(15)29-22(16-7-11-18(27)12-8-16)21-23(34-29)25(31)28(24(21)30)19-13-9-17(10-14-19)26(32)33-2/h3-14,21-23H,1-2H3/t21-,22+,23-/m1/s1. The number of carbonyl (C=O) groups is 3. The average Bonchev–Trinajstić information content (AvgIpc) is 3.35. The predicted octanol–water partition coefficient (Wildman–Crippen LogP) is 3.97. The van der Waals surface area contributed by atoms with Crippen LogP contribution >= 0.6 is 0 Å². The number of nitrogens with zero attached hydrogens (tertiary/aromatic N) is 2. The van der Waals surface area contributed by atoms with Crippen molar-refractivity contribution in [2.45, 2.75) is 19.1 Å². The number of rotatable bonds is 4. The first-order valence-corrected chi connectivity index (χ1v) is 10.7. The number of hydrogen-bond acceptors (Lipinski definition) is 6. The number of hydroxylamine groups is 1. The molecule has 0 aliphatic carbocycles. The van der Waals surface area contributed by atoms with Gasteiger partial charge in [-0.25, -0.2) is 19.1 Å². The predicted molar refractivity (Wildman–Crippen MR) is 121 cm³/mol. The molecule has 2 amide bonds. The highest BCUT2D eigenvalue weighted by molar-refractivity contribution is 6.24. The van der Waals surface area contributed by atoms with Crippen LogP contribution in [0.25, 0.3) is 0 Å². The number of methoxy groups -OCH3 is 1. The summed E-state index contributed by atoms with van der Waals surface area (Å²) in [6, 6.07) is 18.7. The molecule has 0 spiro atoms. The highest BCUT2D eigenvalue weighted by Gasteiger charge is 2.60. The van der Waals surface area contributed by atoms with Gasteiger partial charge in [0.1, 0.15) is 11.7 Å². The summed E-state index contributed by atoms with van der Waals surface area (Å²) in [7, 11) is 1.28. The summed E-state index contributed by atoms with van der Waals surface area (Å²) in [5, 5.41) is 1.59. The van der Waals surface area contributed by atoms with Gasteiger partial charge in [0.05, 0.1) is 30.1 Å². The zero-order valence-corrected chi connectivity index (χ0v) is 18.5. The van der Waals surface area contributed by atoms with Crippen molar-refractivity contribution in [3.63, 3.8) is 0 Å². The number of carbonyl (C=O) groups excluding carboxylic acids is 3. The fraction of sp³-hybridized carbons (Fsp3) is 0.192. The zero-order chi connectivity index (χ0) is 24.0. The van der Waals surface area contributed by atoms with Gasteiger partial charge in [-0.3, -0.25) is 14.4 Å². The zero-order valence-electron chi connectivity index (χ0n) is 18.5. The molecular formula is C26H21FN2O5. The molecule has 2 heterocycles. The Morgan fingerprint density at radius 1 is 0.941 bits per heavy atom. The Kier molecular flexibility index (Phi) is 5.37. The molecule has 0 radical (unpaired) electrons. The Bertz CT molecular complexity index is 1280. The lowest BCUT2D eigenvalue weighted by atomic mass is 9.90. The molecule has 0 N–H and O–H groups in total. The lowest BCUT2D eigenvalue weighted by Gasteiger charge is -2.29. The number of anilines is 2. The van der Waals surface area contributed by atoms with Crippen molar-refractivity contribution in [2.75, 3.05) is 17.1 Å². The summed E-state index contributed by atoms with van der Waals surface area (Å²) in [4.78, 5) is 45.9. The summed E-state index contributed by atoms with van der Waals surface area (Å²) >= 11 is 0. The van der Waals surface area contributed by atoms with Gasteiger partial charge in [0.25, 0.3) is 5.91 Å². The first-order valence-electron chi connectivity index (χ1n) is 10.7. The summed E-state index contributed by atoms with van der Waals surface area (Å²) in [5.41, 5.74) is 2.92. The molecule has 2 aliphatic heterocycles. The van der Waals surface area contributed by atoms with Crippen LogP contribution < -0.4 is 9.96 Å². The first kappa shape index (κ1) is 21.8. The van der Waals surface area contributed by atoms with Gasteiger partial charge in [-0.2, -0.15) is 0 Å². The van der Waals surface area contributed by atoms with Crippen LogP contribution in [0.2, 0.25) is 0 Å². The van der Waals surface area contributed by atoms with E-state index in [1.165, 1.54) is 43.5 Å². The Labute approximate surface area is 195 Å². The van der Waals surface area contributed by atoms with E-state index in [4.69, 9.17) is 9.57 Å². The van der Waals surface area contributed by atoms with Crippen LogP contribution in [0.5, 0.6) is 0 Å². The average molecular weight is 460 g/mol. The van der Waals surface area contributed by atoms with Crippen molar-refractivity contribution < 1.29 is 28.3 Å². The van der Waals surface area contributed by atoms with Crippen molar-refractivity contribution in [3.8, 4) is 0 Å². The van der Waals surface area contributed by atoms with Gasteiger partial charge in [-0.15, -0.1) is 0 Å². The number of imide groups is 1. The molecule has 8 heteroatoms. The van der Waals surface area contributed by atoms with E-state index in [0.717, 1.165) is 16.2 Å². The van der Waals surface area contributed by atoms with Crippen LogP contribution in [-0.2, 0) is 19.2 Å². The maximum Gasteiger partial charge on any atom is 0.337 e. The molecule has 5 rings (SSSR count). The molecule has 2 fully saturated rings. The van der Waals surface area contributed by atoms with E-state index in [9.17, 15) is 18.8 Å². The summed E-state index contributed by atoms with van der Waals surface area (Å²) < 4.78 is 18.4. The largest absolute Gasteiger partial charge is 0.465 e. The van der Waals surface area contributed by atoms with Crippen molar-refractivity contribution in [1.29, 1.82) is 0 Å². The normalized spacial score (nSPS) is 21.7. The second-order valence-corrected chi connectivity index (χ2v) is 8.21. The Morgan fingerprint density at radius 3 is 2.26 bits per heavy atom. The van der Waals surface area contributed by atoms with E-state index in [1.807, 2.05) is 31.2 Å². The third-order valence-corrected chi connectivity index (χ3v) is 6.23. The third kappa shape index (κ3) is 3.43. The van der Waals surface area contributed by atoms with Gasteiger partial charge >= 0.3 is 5.97 Å². The molecule has 0 unspecified atom stereocenters. The molecule has 0 bridgehead atoms. The van der Waals surface area contributed by atoms with E-state index < -0.39 is 41.7 Å². The minimum absolute atomic E-state index is 0.303. The SMILES string of the molecule is COC(=O)c1ccc(N2C(=O)[C@H]3[C@@H](ON(c4ccccc4C)[C@H]3c3ccc(F)cc3)C2=O)cc1.